The van der Waals surface area contributed by atoms with E-state index in [1.54, 1.807) is 22.6 Å². The van der Waals surface area contributed by atoms with Crippen LogP contribution in [0.1, 0.15) is 0 Å². The van der Waals surface area contributed by atoms with Gasteiger partial charge in [0.05, 0.1) is 9.26 Å². The zero-order valence-electron chi connectivity index (χ0n) is 6.75. The van der Waals surface area contributed by atoms with Crippen molar-refractivity contribution in [2.24, 2.45) is 0 Å². The van der Waals surface area contributed by atoms with E-state index in [1.165, 1.54) is 18.2 Å². The highest BCUT2D eigenvalue weighted by Gasteiger charge is 2.13. The van der Waals surface area contributed by atoms with Gasteiger partial charge >= 0.3 is 11.9 Å². The maximum absolute atomic E-state index is 12.9. The predicted octanol–water partition coefficient (Wildman–Crippen LogP) is 1.45. The van der Waals surface area contributed by atoms with E-state index in [0.717, 1.165) is 0 Å². The average molecular weight is 309 g/mol. The molecule has 0 heterocycles. The van der Waals surface area contributed by atoms with Crippen molar-refractivity contribution in [3.05, 3.63) is 27.6 Å². The van der Waals surface area contributed by atoms with Gasteiger partial charge in [-0.15, -0.1) is 0 Å². The van der Waals surface area contributed by atoms with Gasteiger partial charge in [0, 0.05) is 0 Å². The molecule has 0 fully saturated rings. The SMILES string of the molecule is O=C(O)C(=O)Nc1cccc(F)c1I. The average Bonchev–Trinajstić information content (AvgIpc) is 2.12. The molecule has 0 aliphatic carbocycles. The molecule has 0 spiro atoms. The summed E-state index contributed by atoms with van der Waals surface area (Å²) in [6, 6.07) is 4.03. The zero-order chi connectivity index (χ0) is 10.7. The molecule has 4 nitrogen and oxygen atoms in total. The Balaban J connectivity index is 2.93. The van der Waals surface area contributed by atoms with E-state index < -0.39 is 17.7 Å². The van der Waals surface area contributed by atoms with Gasteiger partial charge in [-0.25, -0.2) is 9.18 Å². The number of hydrogen-bond acceptors (Lipinski definition) is 2. The van der Waals surface area contributed by atoms with E-state index in [-0.39, 0.29) is 9.26 Å². The Morgan fingerprint density at radius 3 is 2.64 bits per heavy atom. The van der Waals surface area contributed by atoms with Crippen molar-refractivity contribution in [3.63, 3.8) is 0 Å². The number of carbonyl (C=O) groups excluding carboxylic acids is 1. The van der Waals surface area contributed by atoms with Crippen LogP contribution in [0.4, 0.5) is 10.1 Å². The van der Waals surface area contributed by atoms with Gasteiger partial charge in [-0.2, -0.15) is 0 Å². The number of aliphatic carboxylic acids is 1. The van der Waals surface area contributed by atoms with Gasteiger partial charge in [-0.1, -0.05) is 6.07 Å². The Hall–Kier alpha value is -1.18. The summed E-state index contributed by atoms with van der Waals surface area (Å²) in [7, 11) is 0. The highest BCUT2D eigenvalue weighted by Crippen LogP contribution is 2.20. The lowest BCUT2D eigenvalue weighted by Gasteiger charge is -2.04. The fourth-order valence-electron chi connectivity index (χ4n) is 0.776. The molecule has 1 amide bonds. The number of carbonyl (C=O) groups is 2. The highest BCUT2D eigenvalue weighted by atomic mass is 127. The molecule has 0 radical (unpaired) electrons. The van der Waals surface area contributed by atoms with E-state index in [1.807, 2.05) is 0 Å². The molecule has 0 aromatic heterocycles. The fraction of sp³-hybridized carbons (Fsp3) is 0. The molecule has 74 valence electrons. The highest BCUT2D eigenvalue weighted by molar-refractivity contribution is 14.1. The van der Waals surface area contributed by atoms with E-state index in [2.05, 4.69) is 5.32 Å². The number of amides is 1. The minimum atomic E-state index is -1.61. The quantitative estimate of drug-likeness (QED) is 0.609. The Kier molecular flexibility index (Phi) is 3.39. The van der Waals surface area contributed by atoms with Crippen LogP contribution in [-0.2, 0) is 9.59 Å². The first kappa shape index (κ1) is 10.9. The third kappa shape index (κ3) is 2.41. The molecule has 1 aromatic carbocycles. The van der Waals surface area contributed by atoms with E-state index in [0.29, 0.717) is 0 Å². The Labute approximate surface area is 92.3 Å². The number of carboxylic acid groups (broad SMARTS) is 1. The second kappa shape index (κ2) is 4.36. The minimum absolute atomic E-state index is 0.151. The second-order valence-electron chi connectivity index (χ2n) is 2.36. The molecule has 1 rings (SSSR count). The molecule has 0 unspecified atom stereocenters. The Bertz CT molecular complexity index is 394. The zero-order valence-corrected chi connectivity index (χ0v) is 8.91. The number of halogens is 2. The van der Waals surface area contributed by atoms with Gasteiger partial charge in [-0.05, 0) is 34.7 Å². The summed E-state index contributed by atoms with van der Waals surface area (Å²) >= 11 is 1.68. The number of rotatable bonds is 1. The van der Waals surface area contributed by atoms with Crippen molar-refractivity contribution in [1.29, 1.82) is 0 Å². The van der Waals surface area contributed by atoms with Crippen molar-refractivity contribution >= 4 is 40.2 Å². The van der Waals surface area contributed by atoms with Crippen LogP contribution < -0.4 is 5.32 Å². The van der Waals surface area contributed by atoms with E-state index >= 15 is 0 Å². The van der Waals surface area contributed by atoms with E-state index in [4.69, 9.17) is 5.11 Å². The summed E-state index contributed by atoms with van der Waals surface area (Å²) in [6.07, 6.45) is 0. The smallest absolute Gasteiger partial charge is 0.394 e. The van der Waals surface area contributed by atoms with Crippen molar-refractivity contribution in [2.45, 2.75) is 0 Å². The molecular formula is C8H5FINO3. The molecular weight excluding hydrogens is 304 g/mol. The van der Waals surface area contributed by atoms with Crippen molar-refractivity contribution in [3.8, 4) is 0 Å². The topological polar surface area (TPSA) is 66.4 Å². The van der Waals surface area contributed by atoms with Crippen LogP contribution in [0.2, 0.25) is 0 Å². The first-order chi connectivity index (χ1) is 6.52. The summed E-state index contributed by atoms with van der Waals surface area (Å²) in [4.78, 5) is 20.9. The monoisotopic (exact) mass is 309 g/mol. The van der Waals surface area contributed by atoms with Crippen LogP contribution in [0, 0.1) is 9.39 Å². The van der Waals surface area contributed by atoms with Gasteiger partial charge in [0.25, 0.3) is 0 Å². The Morgan fingerprint density at radius 2 is 2.07 bits per heavy atom. The molecule has 0 aliphatic heterocycles. The number of hydrogen-bond donors (Lipinski definition) is 2. The van der Waals surface area contributed by atoms with Crippen molar-refractivity contribution in [1.82, 2.24) is 0 Å². The normalized spacial score (nSPS) is 9.57. The van der Waals surface area contributed by atoms with Gasteiger partial charge in [0.1, 0.15) is 5.82 Å². The van der Waals surface area contributed by atoms with Gasteiger partial charge in [-0.3, -0.25) is 4.79 Å². The molecule has 1 aromatic rings. The molecule has 0 saturated carbocycles. The summed E-state index contributed by atoms with van der Waals surface area (Å²) in [5.41, 5.74) is 0.151. The first-order valence-electron chi connectivity index (χ1n) is 3.50. The Morgan fingerprint density at radius 1 is 1.43 bits per heavy atom. The molecule has 0 aliphatic rings. The second-order valence-corrected chi connectivity index (χ2v) is 3.44. The van der Waals surface area contributed by atoms with Crippen LogP contribution in [0.3, 0.4) is 0 Å². The van der Waals surface area contributed by atoms with Crippen LogP contribution in [0.25, 0.3) is 0 Å². The van der Waals surface area contributed by atoms with Crippen LogP contribution in [-0.4, -0.2) is 17.0 Å². The van der Waals surface area contributed by atoms with E-state index in [9.17, 15) is 14.0 Å². The van der Waals surface area contributed by atoms with Gasteiger partial charge in [0.2, 0.25) is 0 Å². The predicted molar refractivity (Wildman–Crippen MR) is 55.4 cm³/mol. The van der Waals surface area contributed by atoms with Crippen LogP contribution in [0.15, 0.2) is 18.2 Å². The van der Waals surface area contributed by atoms with Gasteiger partial charge in [0.15, 0.2) is 0 Å². The standard InChI is InChI=1S/C8H5FINO3/c9-4-2-1-3-5(6(4)10)11-7(12)8(13)14/h1-3H,(H,11,12)(H,13,14). The minimum Gasteiger partial charge on any atom is -0.474 e. The molecule has 0 saturated heterocycles. The number of carboxylic acids is 1. The largest absolute Gasteiger partial charge is 0.474 e. The van der Waals surface area contributed by atoms with Crippen molar-refractivity contribution in [2.75, 3.05) is 5.32 Å². The summed E-state index contributed by atoms with van der Waals surface area (Å²) in [6.45, 7) is 0. The summed E-state index contributed by atoms with van der Waals surface area (Å²) in [5, 5.41) is 10.4. The van der Waals surface area contributed by atoms with Crippen LogP contribution in [0.5, 0.6) is 0 Å². The third-order valence-corrected chi connectivity index (χ3v) is 2.49. The molecule has 14 heavy (non-hydrogen) atoms. The third-order valence-electron chi connectivity index (χ3n) is 1.39. The molecule has 0 atom stereocenters. The lowest BCUT2D eigenvalue weighted by atomic mass is 10.3. The van der Waals surface area contributed by atoms with Gasteiger partial charge < -0.3 is 10.4 Å². The molecule has 2 N–H and O–H groups in total. The number of benzene rings is 1. The lowest BCUT2D eigenvalue weighted by Crippen LogP contribution is -2.22. The lowest BCUT2D eigenvalue weighted by molar-refractivity contribution is -0.147. The summed E-state index contributed by atoms with van der Waals surface area (Å²) in [5.74, 6) is -3.30. The maximum Gasteiger partial charge on any atom is 0.394 e. The van der Waals surface area contributed by atoms with Crippen molar-refractivity contribution < 1.29 is 19.1 Å². The number of anilines is 1. The fourth-order valence-corrected chi connectivity index (χ4v) is 1.27. The van der Waals surface area contributed by atoms with Crippen LogP contribution >= 0.6 is 22.6 Å². The number of nitrogens with one attached hydrogen (secondary N) is 1. The first-order valence-corrected chi connectivity index (χ1v) is 4.58. The maximum atomic E-state index is 12.9. The molecule has 6 heteroatoms. The summed E-state index contributed by atoms with van der Waals surface area (Å²) < 4.78 is 13.1. The molecule has 0 bridgehead atoms.